The van der Waals surface area contributed by atoms with Crippen LogP contribution in [0.1, 0.15) is 60.3 Å². The molecule has 2 aromatic heterocycles. The highest BCUT2D eigenvalue weighted by atomic mass is 19.3. The first-order chi connectivity index (χ1) is 17.4. The molecule has 3 aliphatic heterocycles. The molecule has 1 aromatic carbocycles. The molecule has 0 spiro atoms. The fourth-order valence-electron chi connectivity index (χ4n) is 5.84. The smallest absolute Gasteiger partial charge is 0.264 e. The number of aromatic nitrogens is 4. The Morgan fingerprint density at radius 3 is 2.78 bits per heavy atom. The van der Waals surface area contributed by atoms with Gasteiger partial charge in [0.2, 0.25) is 5.91 Å². The number of hydrogen-bond acceptors (Lipinski definition) is 5. The van der Waals surface area contributed by atoms with Gasteiger partial charge in [0.1, 0.15) is 0 Å². The molecule has 1 unspecified atom stereocenters. The molecule has 6 rings (SSSR count). The van der Waals surface area contributed by atoms with E-state index in [0.29, 0.717) is 44.0 Å². The Morgan fingerprint density at radius 1 is 1.22 bits per heavy atom. The largest absolute Gasteiger partial charge is 0.379 e. The molecule has 1 N–H and O–H groups in total. The lowest BCUT2D eigenvalue weighted by atomic mass is 9.92. The molecule has 36 heavy (non-hydrogen) atoms. The van der Waals surface area contributed by atoms with Gasteiger partial charge < -0.3 is 14.5 Å². The maximum absolute atomic E-state index is 14.3. The van der Waals surface area contributed by atoms with E-state index in [-0.39, 0.29) is 17.5 Å². The molecule has 0 aliphatic carbocycles. The van der Waals surface area contributed by atoms with Crippen LogP contribution in [0.3, 0.4) is 0 Å². The maximum atomic E-state index is 14.3. The summed E-state index contributed by atoms with van der Waals surface area (Å²) in [5, 5.41) is 12.0. The van der Waals surface area contributed by atoms with Crippen molar-refractivity contribution in [2.45, 2.75) is 58.5 Å². The van der Waals surface area contributed by atoms with Gasteiger partial charge in [-0.05, 0) is 49.4 Å². The predicted molar refractivity (Wildman–Crippen MR) is 131 cm³/mol. The summed E-state index contributed by atoms with van der Waals surface area (Å²) in [5.74, 6) is 0.805. The van der Waals surface area contributed by atoms with Crippen molar-refractivity contribution in [1.82, 2.24) is 24.9 Å². The minimum atomic E-state index is -2.63. The average molecular weight is 497 g/mol. The number of alkyl halides is 2. The molecule has 5 heterocycles. The van der Waals surface area contributed by atoms with Crippen LogP contribution < -0.4 is 4.90 Å². The predicted octanol–water partition coefficient (Wildman–Crippen LogP) is 4.47. The Labute approximate surface area is 208 Å². The van der Waals surface area contributed by atoms with E-state index in [1.54, 1.807) is 19.2 Å². The van der Waals surface area contributed by atoms with Crippen molar-refractivity contribution in [3.63, 3.8) is 0 Å². The van der Waals surface area contributed by atoms with Gasteiger partial charge in [-0.1, -0.05) is 0 Å². The third-order valence-electron chi connectivity index (χ3n) is 7.74. The van der Waals surface area contributed by atoms with E-state index in [1.807, 2.05) is 17.9 Å². The summed E-state index contributed by atoms with van der Waals surface area (Å²) in [5.41, 5.74) is 5.92. The Kier molecular flexibility index (Phi) is 5.78. The van der Waals surface area contributed by atoms with Crippen molar-refractivity contribution in [3.8, 4) is 11.1 Å². The van der Waals surface area contributed by atoms with E-state index in [9.17, 15) is 13.6 Å². The van der Waals surface area contributed by atoms with Crippen LogP contribution in [0.5, 0.6) is 0 Å². The first kappa shape index (κ1) is 23.1. The molecule has 190 valence electrons. The molecular formula is C26H30F2N6O2. The number of anilines is 2. The SMILES string of the molecule is CC(=O)N1CCc2c(c(N3CCCc4cc(-c5cn[nH]c5C)c(C(F)F)cc43)nn2C2CCOC2)C1. The summed E-state index contributed by atoms with van der Waals surface area (Å²) < 4.78 is 36.4. The van der Waals surface area contributed by atoms with Crippen molar-refractivity contribution in [3.05, 3.63) is 46.4 Å². The molecule has 3 aromatic rings. The van der Waals surface area contributed by atoms with E-state index in [0.717, 1.165) is 59.7 Å². The monoisotopic (exact) mass is 496 g/mol. The molecule has 1 atom stereocenters. The Morgan fingerprint density at radius 2 is 2.08 bits per heavy atom. The van der Waals surface area contributed by atoms with Crippen LogP contribution in [0.2, 0.25) is 0 Å². The van der Waals surface area contributed by atoms with Gasteiger partial charge in [-0.3, -0.25) is 14.6 Å². The minimum Gasteiger partial charge on any atom is -0.379 e. The molecule has 10 heteroatoms. The average Bonchev–Trinajstić information content (AvgIpc) is 3.62. The number of aryl methyl sites for hydroxylation is 2. The van der Waals surface area contributed by atoms with E-state index in [1.165, 1.54) is 0 Å². The highest BCUT2D eigenvalue weighted by molar-refractivity contribution is 5.78. The Hall–Kier alpha value is -3.27. The first-order valence-electron chi connectivity index (χ1n) is 12.6. The summed E-state index contributed by atoms with van der Waals surface area (Å²) in [6, 6.07) is 3.69. The summed E-state index contributed by atoms with van der Waals surface area (Å²) in [7, 11) is 0. The lowest BCUT2D eigenvalue weighted by Gasteiger charge is -2.33. The summed E-state index contributed by atoms with van der Waals surface area (Å²) >= 11 is 0. The molecule has 0 bridgehead atoms. The van der Waals surface area contributed by atoms with Crippen LogP contribution in [0.25, 0.3) is 11.1 Å². The lowest BCUT2D eigenvalue weighted by Crippen LogP contribution is -2.35. The fraction of sp³-hybridized carbons (Fsp3) is 0.500. The minimum absolute atomic E-state index is 0.00648. The van der Waals surface area contributed by atoms with E-state index >= 15 is 0 Å². The number of carbonyl (C=O) groups is 1. The normalized spacial score (nSPS) is 19.6. The fourth-order valence-corrected chi connectivity index (χ4v) is 5.84. The number of H-pyrrole nitrogens is 1. The van der Waals surface area contributed by atoms with Crippen molar-refractivity contribution in [1.29, 1.82) is 0 Å². The van der Waals surface area contributed by atoms with Crippen LogP contribution in [-0.2, 0) is 28.9 Å². The standard InChI is InChI=1S/C26H30F2N6O2/c1-15-21(12-29-30-15)19-10-17-4-3-7-33(24(17)11-20(19)25(27)28)26-22-13-32(16(2)35)8-5-23(22)34(31-26)18-6-9-36-14-18/h10-12,18,25H,3-9,13-14H2,1-2H3,(H,29,30). The van der Waals surface area contributed by atoms with Crippen LogP contribution in [0.4, 0.5) is 20.3 Å². The summed E-state index contributed by atoms with van der Waals surface area (Å²) in [6.07, 6.45) is 2.29. The van der Waals surface area contributed by atoms with Gasteiger partial charge in [0.25, 0.3) is 6.43 Å². The third-order valence-corrected chi connectivity index (χ3v) is 7.74. The van der Waals surface area contributed by atoms with Gasteiger partial charge in [0.15, 0.2) is 5.82 Å². The highest BCUT2D eigenvalue weighted by Gasteiger charge is 2.34. The maximum Gasteiger partial charge on any atom is 0.264 e. The zero-order valence-electron chi connectivity index (χ0n) is 20.6. The van der Waals surface area contributed by atoms with E-state index < -0.39 is 6.43 Å². The van der Waals surface area contributed by atoms with Gasteiger partial charge in [0.05, 0.1) is 25.4 Å². The van der Waals surface area contributed by atoms with Gasteiger partial charge in [-0.15, -0.1) is 0 Å². The number of amides is 1. The van der Waals surface area contributed by atoms with Gasteiger partial charge in [-0.25, -0.2) is 8.78 Å². The van der Waals surface area contributed by atoms with Gasteiger partial charge >= 0.3 is 0 Å². The zero-order valence-corrected chi connectivity index (χ0v) is 20.6. The van der Waals surface area contributed by atoms with Gasteiger partial charge in [-0.2, -0.15) is 10.2 Å². The second kappa shape index (κ2) is 8.99. The number of nitrogens with zero attached hydrogens (tertiary/aromatic N) is 5. The topological polar surface area (TPSA) is 79.3 Å². The molecule has 8 nitrogen and oxygen atoms in total. The summed E-state index contributed by atoms with van der Waals surface area (Å²) in [6.45, 7) is 6.57. The highest BCUT2D eigenvalue weighted by Crippen LogP contribution is 2.43. The van der Waals surface area contributed by atoms with E-state index in [2.05, 4.69) is 19.8 Å². The Bertz CT molecular complexity index is 1310. The van der Waals surface area contributed by atoms with Gasteiger partial charge in [0, 0.05) is 66.8 Å². The lowest BCUT2D eigenvalue weighted by molar-refractivity contribution is -0.129. The van der Waals surface area contributed by atoms with E-state index in [4.69, 9.17) is 9.84 Å². The molecule has 1 fully saturated rings. The number of benzene rings is 1. The second-order valence-corrected chi connectivity index (χ2v) is 9.93. The van der Waals surface area contributed by atoms with Crippen LogP contribution in [-0.4, -0.2) is 57.1 Å². The molecule has 0 radical (unpaired) electrons. The third kappa shape index (κ3) is 3.78. The van der Waals surface area contributed by atoms with Crippen molar-refractivity contribution >= 4 is 17.4 Å². The number of carbonyl (C=O) groups excluding carboxylic acids is 1. The number of aromatic amines is 1. The number of hydrogen-bond donors (Lipinski definition) is 1. The quantitative estimate of drug-likeness (QED) is 0.577. The molecule has 1 saturated heterocycles. The second-order valence-electron chi connectivity index (χ2n) is 9.93. The van der Waals surface area contributed by atoms with Crippen molar-refractivity contribution in [2.75, 3.05) is 31.2 Å². The van der Waals surface area contributed by atoms with Crippen molar-refractivity contribution < 1.29 is 18.3 Å². The number of ether oxygens (including phenoxy) is 1. The molecule has 0 saturated carbocycles. The van der Waals surface area contributed by atoms with Crippen molar-refractivity contribution in [2.24, 2.45) is 0 Å². The molecule has 3 aliphatic rings. The van der Waals surface area contributed by atoms with Crippen LogP contribution >= 0.6 is 0 Å². The zero-order chi connectivity index (χ0) is 25.0. The number of rotatable bonds is 4. The number of halogens is 2. The Balaban J connectivity index is 1.48. The molecule has 1 amide bonds. The van der Waals surface area contributed by atoms with Crippen LogP contribution in [0, 0.1) is 6.92 Å². The molecular weight excluding hydrogens is 466 g/mol. The van der Waals surface area contributed by atoms with Crippen LogP contribution in [0.15, 0.2) is 18.3 Å². The first-order valence-corrected chi connectivity index (χ1v) is 12.6. The summed E-state index contributed by atoms with van der Waals surface area (Å²) in [4.78, 5) is 16.2. The number of nitrogens with one attached hydrogen (secondary N) is 1. The number of fused-ring (bicyclic) bond motifs is 2.